The lowest BCUT2D eigenvalue weighted by molar-refractivity contribution is -0.121. The van der Waals surface area contributed by atoms with Crippen molar-refractivity contribution < 1.29 is 13.2 Å². The highest BCUT2D eigenvalue weighted by Crippen LogP contribution is 2.32. The summed E-state index contributed by atoms with van der Waals surface area (Å²) in [4.78, 5) is 31.6. The monoisotopic (exact) mass is 1240 g/mol. The maximum Gasteiger partial charge on any atom is 0.144 e. The van der Waals surface area contributed by atoms with Crippen LogP contribution in [0.5, 0.6) is 0 Å². The number of Topliss-reactive ketones (excluding diaryl/α,β-unsaturated/α-hetero) is 1. The zero-order valence-corrected chi connectivity index (χ0v) is 54.8. The molecule has 7 N–H and O–H groups in total. The van der Waals surface area contributed by atoms with Gasteiger partial charge in [0.1, 0.15) is 34.6 Å². The summed E-state index contributed by atoms with van der Waals surface area (Å²) in [7, 11) is 4.16. The van der Waals surface area contributed by atoms with Crippen molar-refractivity contribution in [1.82, 2.24) is 39.7 Å². The molecular weight excluding hydrogens is 1140 g/mol. The molecule has 458 valence electrons. The van der Waals surface area contributed by atoms with Crippen LogP contribution in [-0.4, -0.2) is 162 Å². The second-order valence-electron chi connectivity index (χ2n) is 25.6. The number of nitrogens with zero attached hydrogens (tertiary/aromatic N) is 7. The van der Waals surface area contributed by atoms with Crippen LogP contribution in [0.25, 0.3) is 11.0 Å². The van der Waals surface area contributed by atoms with Gasteiger partial charge in [0.15, 0.2) is 0 Å². The Morgan fingerprint density at radius 3 is 1.55 bits per heavy atom. The highest BCUT2D eigenvalue weighted by atomic mass is 35.5. The van der Waals surface area contributed by atoms with Crippen molar-refractivity contribution in [3.05, 3.63) is 123 Å². The van der Waals surface area contributed by atoms with Crippen LogP contribution in [0.4, 0.5) is 5.82 Å². The van der Waals surface area contributed by atoms with E-state index < -0.39 is 22.0 Å². The molecule has 0 spiro atoms. The quantitative estimate of drug-likeness (QED) is 0.0890. The number of aromatic nitrogens is 3. The predicted octanol–water partition coefficient (Wildman–Crippen LogP) is 10.4. The minimum atomic E-state index is -1.08. The summed E-state index contributed by atoms with van der Waals surface area (Å²) in [6.45, 7) is 21.8. The van der Waals surface area contributed by atoms with E-state index in [1.165, 1.54) is 16.7 Å². The van der Waals surface area contributed by atoms with Gasteiger partial charge in [-0.15, -0.1) is 0 Å². The fourth-order valence-corrected chi connectivity index (χ4v) is 12.8. The molecule has 2 unspecified atom stereocenters. The molecule has 3 aromatic carbocycles. The number of fused-ring (bicyclic) bond motifs is 1. The van der Waals surface area contributed by atoms with Crippen molar-refractivity contribution >= 4 is 85.1 Å². The minimum Gasteiger partial charge on any atom is -0.356 e. The minimum absolute atomic E-state index is 0.0457. The number of hydrogen-bond acceptors (Lipinski definition) is 12. The summed E-state index contributed by atoms with van der Waals surface area (Å²) >= 11 is 18.2. The van der Waals surface area contributed by atoms with Gasteiger partial charge in [0.2, 0.25) is 0 Å². The first-order chi connectivity index (χ1) is 39.2. The largest absolute Gasteiger partial charge is 0.356 e. The Morgan fingerprint density at radius 2 is 1.08 bits per heavy atom. The molecule has 0 saturated carbocycles. The summed E-state index contributed by atoms with van der Waals surface area (Å²) in [6, 6.07) is 26.0. The highest BCUT2D eigenvalue weighted by Gasteiger charge is 2.38. The second kappa shape index (κ2) is 31.8. The van der Waals surface area contributed by atoms with Gasteiger partial charge in [0.05, 0.1) is 25.9 Å². The number of hydrogen-bond donors (Lipinski definition) is 5. The Bertz CT molecular complexity index is 2890. The van der Waals surface area contributed by atoms with Crippen LogP contribution in [-0.2, 0) is 46.0 Å². The van der Waals surface area contributed by atoms with Gasteiger partial charge >= 0.3 is 0 Å². The van der Waals surface area contributed by atoms with Crippen LogP contribution in [0.15, 0.2) is 95.8 Å². The summed E-state index contributed by atoms with van der Waals surface area (Å²) in [6.07, 6.45) is 15.6. The number of carbonyl (C=O) groups is 1. The number of nitrogens with one attached hydrogen (secondary N) is 3. The number of piperidine rings is 5. The third-order valence-corrected chi connectivity index (χ3v) is 19.9. The van der Waals surface area contributed by atoms with Crippen molar-refractivity contribution in [1.29, 1.82) is 0 Å². The van der Waals surface area contributed by atoms with Crippen LogP contribution in [0.3, 0.4) is 0 Å². The fraction of sp³-hybridized carbons (Fsp3) is 0.587. The molecule has 2 atom stereocenters. The van der Waals surface area contributed by atoms with Gasteiger partial charge < -0.3 is 41.4 Å². The number of ketones is 1. The van der Waals surface area contributed by atoms with Gasteiger partial charge in [-0.25, -0.2) is 23.1 Å². The van der Waals surface area contributed by atoms with E-state index in [2.05, 4.69) is 81.3 Å². The zero-order chi connectivity index (χ0) is 60.4. The SMILES string of the molecule is CN1CCC(=NS(=O)C(C)(C)C)CC1.CN1CCC(=O)CC1.CN1CCC(Cc2cccc(Cl)c2)(NS(=O)C(C)(C)C)CC1.NC1(Cc2cccc(Cl)c2)CCN(c2ncnc3[nH]ccc23)CC1.NC1(Cc2cccc(Cl)c2)CCNCC1. The number of aromatic amines is 1. The van der Waals surface area contributed by atoms with Crippen molar-refractivity contribution in [3.63, 3.8) is 0 Å². The van der Waals surface area contributed by atoms with Gasteiger partial charge in [-0.3, -0.25) is 4.79 Å². The van der Waals surface area contributed by atoms with Crippen molar-refractivity contribution in [3.8, 4) is 0 Å². The molecule has 0 aliphatic carbocycles. The normalized spacial score (nSPS) is 20.2. The van der Waals surface area contributed by atoms with Crippen LogP contribution in [0.1, 0.15) is 122 Å². The van der Waals surface area contributed by atoms with E-state index in [9.17, 15) is 13.2 Å². The van der Waals surface area contributed by atoms with Gasteiger partial charge in [-0.1, -0.05) is 71.2 Å². The number of likely N-dealkylation sites (tertiary alicyclic amines) is 3. The summed E-state index contributed by atoms with van der Waals surface area (Å²) in [5, 5.41) is 6.72. The predicted molar refractivity (Wildman–Crippen MR) is 351 cm³/mol. The molecule has 10 rings (SSSR count). The Hall–Kier alpha value is -3.69. The number of nitrogens with two attached hydrogens (primary N) is 2. The molecule has 5 saturated heterocycles. The average molecular weight is 1240 g/mol. The molecule has 5 aromatic rings. The van der Waals surface area contributed by atoms with Gasteiger partial charge in [-0.2, -0.15) is 4.40 Å². The van der Waals surface area contributed by atoms with E-state index in [1.54, 1.807) is 6.33 Å². The molecule has 5 aliphatic heterocycles. The molecule has 0 amide bonds. The Kier molecular flexibility index (Phi) is 26.2. The zero-order valence-electron chi connectivity index (χ0n) is 50.9. The van der Waals surface area contributed by atoms with E-state index in [4.69, 9.17) is 46.3 Å². The van der Waals surface area contributed by atoms with Crippen molar-refractivity contribution in [2.45, 2.75) is 151 Å². The topological polar surface area (TPSA) is 194 Å². The average Bonchev–Trinajstić information content (AvgIpc) is 4.15. The van der Waals surface area contributed by atoms with E-state index in [1.807, 2.05) is 115 Å². The molecule has 5 aliphatic rings. The standard InChI is InChI=1S/C18H20ClN5.C17H27ClN2OS.C12H17ClN2.C10H20N2OS.C6H11NO/c19-14-3-1-2-13(10-14)11-18(20)5-8-24(9-6-18)17-15-4-7-21-16(15)22-12-23-17;1-16(2,3)22(21)19-17(8-10-20(4)11-9-17)13-14-6-5-7-15(18)12-14;13-11-3-1-2-10(8-11)9-12(14)4-6-15-7-5-12;1-10(2,3)14(13)11-9-5-7-12(4)8-6-9;1-7-4-2-6(8)3-5-7/h1-4,7,10,12H,5-6,8-9,11,20H2,(H,21,22,23);5-7,12,19H,8-11,13H2,1-4H3;1-3,8,15H,4-7,9,14H2;5-8H2,1-4H3;2-5H2,1H3. The number of halogens is 3. The van der Waals surface area contributed by atoms with Crippen molar-refractivity contribution in [2.24, 2.45) is 15.9 Å². The number of H-pyrrole nitrogens is 1. The van der Waals surface area contributed by atoms with Crippen LogP contribution < -0.4 is 26.4 Å². The van der Waals surface area contributed by atoms with Crippen molar-refractivity contribution in [2.75, 3.05) is 91.5 Å². The molecule has 7 heterocycles. The molecule has 15 nitrogen and oxygen atoms in total. The number of anilines is 1. The number of rotatable bonds is 10. The first-order valence-corrected chi connectivity index (χ1v) is 32.9. The first kappa shape index (κ1) is 68.4. The molecular formula is C63H95Cl3N12O3S2. The second-order valence-corrected chi connectivity index (χ2v) is 30.7. The molecule has 20 heteroatoms. The van der Waals surface area contributed by atoms with Crippen LogP contribution in [0.2, 0.25) is 15.1 Å². The lowest BCUT2D eigenvalue weighted by atomic mass is 9.83. The Morgan fingerprint density at radius 1 is 0.614 bits per heavy atom. The Balaban J connectivity index is 0.000000173. The van der Waals surface area contributed by atoms with Crippen LogP contribution >= 0.6 is 34.8 Å². The third-order valence-electron chi connectivity index (χ3n) is 16.0. The summed E-state index contributed by atoms with van der Waals surface area (Å²) in [5.74, 6) is 1.41. The number of benzene rings is 3. The molecule has 2 aromatic heterocycles. The lowest BCUT2D eigenvalue weighted by Crippen LogP contribution is -2.56. The molecule has 0 bridgehead atoms. The van der Waals surface area contributed by atoms with Crippen LogP contribution in [0, 0.1) is 0 Å². The first-order valence-electron chi connectivity index (χ1n) is 29.5. The lowest BCUT2D eigenvalue weighted by Gasteiger charge is -2.42. The number of carbonyl (C=O) groups excluding carboxylic acids is 1. The van der Waals surface area contributed by atoms with E-state index in [0.29, 0.717) is 5.78 Å². The maximum absolute atomic E-state index is 12.6. The molecule has 0 radical (unpaired) electrons. The summed E-state index contributed by atoms with van der Waals surface area (Å²) < 4.78 is 31.6. The Labute approximate surface area is 516 Å². The fourth-order valence-electron chi connectivity index (χ4n) is 10.5. The molecule has 5 fully saturated rings. The maximum atomic E-state index is 12.6. The summed E-state index contributed by atoms with van der Waals surface area (Å²) in [5.41, 5.74) is 18.3. The highest BCUT2D eigenvalue weighted by molar-refractivity contribution is 7.85. The van der Waals surface area contributed by atoms with E-state index >= 15 is 0 Å². The molecule has 83 heavy (non-hydrogen) atoms. The smallest absolute Gasteiger partial charge is 0.144 e. The van der Waals surface area contributed by atoms with Gasteiger partial charge in [0.25, 0.3) is 0 Å². The van der Waals surface area contributed by atoms with Gasteiger partial charge in [0, 0.05) is 95.7 Å². The third kappa shape index (κ3) is 23.2. The van der Waals surface area contributed by atoms with E-state index in [0.717, 1.165) is 187 Å². The van der Waals surface area contributed by atoms with E-state index in [-0.39, 0.29) is 26.1 Å². The van der Waals surface area contributed by atoms with Gasteiger partial charge in [-0.05, 0) is 219 Å².